The molecule has 0 aliphatic carbocycles. The van der Waals surface area contributed by atoms with Crippen LogP contribution in [-0.2, 0) is 19.5 Å². The molecule has 10 heteroatoms. The molecule has 0 unspecified atom stereocenters. The van der Waals surface area contributed by atoms with Gasteiger partial charge < -0.3 is 19.8 Å². The number of carbonyl (C=O) groups is 1. The maximum absolute atomic E-state index is 13.6. The number of rotatable bonds is 5. The Balaban J connectivity index is 1.51. The molecule has 2 aromatic heterocycles. The molecule has 2 aromatic carbocycles. The Morgan fingerprint density at radius 3 is 2.49 bits per heavy atom. The second-order valence-electron chi connectivity index (χ2n) is 8.29. The average molecular weight is 474 g/mol. The van der Waals surface area contributed by atoms with Gasteiger partial charge in [0.25, 0.3) is 11.5 Å². The summed E-state index contributed by atoms with van der Waals surface area (Å²) in [5.74, 6) is 0.567. The molecule has 3 N–H and O–H groups in total. The van der Waals surface area contributed by atoms with Gasteiger partial charge in [-0.05, 0) is 48.4 Å². The topological polar surface area (TPSA) is 116 Å². The van der Waals surface area contributed by atoms with Crippen LogP contribution in [0.3, 0.4) is 0 Å². The van der Waals surface area contributed by atoms with Gasteiger partial charge in [0, 0.05) is 30.4 Å². The Labute approximate surface area is 199 Å². The summed E-state index contributed by atoms with van der Waals surface area (Å²) in [6.45, 7) is 3.07. The number of nitrogens with zero attached hydrogens (tertiary/aromatic N) is 3. The molecule has 35 heavy (non-hydrogen) atoms. The lowest BCUT2D eigenvalue weighted by atomic mass is 10.1. The zero-order chi connectivity index (χ0) is 24.5. The normalized spacial score (nSPS) is 12.9. The summed E-state index contributed by atoms with van der Waals surface area (Å²) < 4.78 is 15.6. The average Bonchev–Trinajstić information content (AvgIpc) is 3.21. The van der Waals surface area contributed by atoms with E-state index in [4.69, 9.17) is 4.98 Å². The Hall–Kier alpha value is -4.47. The van der Waals surface area contributed by atoms with Gasteiger partial charge in [0.1, 0.15) is 28.8 Å². The van der Waals surface area contributed by atoms with Gasteiger partial charge >= 0.3 is 5.69 Å². The predicted octanol–water partition coefficient (Wildman–Crippen LogP) is 3.03. The molecule has 5 rings (SSSR count). The third-order valence-electron chi connectivity index (χ3n) is 5.99. The molecule has 0 saturated carbocycles. The smallest absolute Gasteiger partial charge is 0.326 e. The van der Waals surface area contributed by atoms with E-state index in [9.17, 15) is 18.8 Å². The molecule has 0 fully saturated rings. The van der Waals surface area contributed by atoms with Crippen LogP contribution < -0.4 is 16.6 Å². The van der Waals surface area contributed by atoms with E-state index in [1.165, 1.54) is 22.6 Å². The minimum absolute atomic E-state index is 0.0770. The Bertz CT molecular complexity index is 1470. The van der Waals surface area contributed by atoms with Gasteiger partial charge in [-0.15, -0.1) is 0 Å². The third-order valence-corrected chi connectivity index (χ3v) is 5.99. The number of imidazole rings is 1. The second-order valence-corrected chi connectivity index (χ2v) is 8.29. The van der Waals surface area contributed by atoms with Crippen LogP contribution in [0.1, 0.15) is 28.8 Å². The van der Waals surface area contributed by atoms with Crippen LogP contribution in [0.2, 0.25) is 0 Å². The van der Waals surface area contributed by atoms with E-state index in [0.29, 0.717) is 24.6 Å². The highest BCUT2D eigenvalue weighted by Crippen LogP contribution is 2.33. The number of aromatic nitrogens is 4. The summed E-state index contributed by atoms with van der Waals surface area (Å²) in [7, 11) is 0. The van der Waals surface area contributed by atoms with Crippen LogP contribution in [0.25, 0.3) is 11.3 Å². The van der Waals surface area contributed by atoms with Gasteiger partial charge in [-0.2, -0.15) is 0 Å². The molecule has 1 aliphatic rings. The molecule has 3 heterocycles. The van der Waals surface area contributed by atoms with E-state index >= 15 is 0 Å². The number of halogens is 1. The fraction of sp³-hybridized carbons (Fsp3) is 0.200. The molecule has 0 radical (unpaired) electrons. The van der Waals surface area contributed by atoms with Crippen LogP contribution >= 0.6 is 0 Å². The van der Waals surface area contributed by atoms with Crippen molar-refractivity contribution in [3.63, 3.8) is 0 Å². The highest BCUT2D eigenvalue weighted by Gasteiger charge is 2.28. The van der Waals surface area contributed by atoms with E-state index in [1.54, 1.807) is 12.1 Å². The van der Waals surface area contributed by atoms with Crippen molar-refractivity contribution in [2.24, 2.45) is 0 Å². The zero-order valence-electron chi connectivity index (χ0n) is 19.0. The van der Waals surface area contributed by atoms with E-state index in [0.717, 1.165) is 29.6 Å². The molecule has 4 aromatic rings. The summed E-state index contributed by atoms with van der Waals surface area (Å²) in [6, 6.07) is 15.3. The fourth-order valence-corrected chi connectivity index (χ4v) is 4.16. The fourth-order valence-electron chi connectivity index (χ4n) is 4.16. The lowest BCUT2D eigenvalue weighted by Crippen LogP contribution is -2.40. The standard InChI is InChI=1S/C25H23FN6O3/c1-2-15-3-9-18(10-4-15)27-23-22(16-5-7-17(26)8-6-16)29-20-14-31(11-12-32(20)23)24(34)19-13-21(33)30-25(35)28-19/h3-10,13,27H,2,11-12,14H2,1H3,(H2,28,30,33,35). The summed E-state index contributed by atoms with van der Waals surface area (Å²) in [6.07, 6.45) is 0.936. The van der Waals surface area contributed by atoms with Crippen molar-refractivity contribution in [2.75, 3.05) is 11.9 Å². The predicted molar refractivity (Wildman–Crippen MR) is 129 cm³/mol. The van der Waals surface area contributed by atoms with Crippen LogP contribution in [0, 0.1) is 5.82 Å². The maximum Gasteiger partial charge on any atom is 0.326 e. The molecule has 0 saturated heterocycles. The van der Waals surface area contributed by atoms with Crippen LogP contribution in [-0.4, -0.2) is 36.9 Å². The number of hydrogen-bond donors (Lipinski definition) is 3. The number of aryl methyl sites for hydroxylation is 1. The van der Waals surface area contributed by atoms with E-state index in [1.807, 2.05) is 16.7 Å². The largest absolute Gasteiger partial charge is 0.340 e. The summed E-state index contributed by atoms with van der Waals surface area (Å²) in [5.41, 5.74) is 2.01. The Kier molecular flexibility index (Phi) is 5.77. The maximum atomic E-state index is 13.6. The third kappa shape index (κ3) is 4.50. The minimum Gasteiger partial charge on any atom is -0.340 e. The molecule has 9 nitrogen and oxygen atoms in total. The van der Waals surface area contributed by atoms with Gasteiger partial charge in [0.05, 0.1) is 6.54 Å². The molecule has 0 spiro atoms. The lowest BCUT2D eigenvalue weighted by molar-refractivity contribution is 0.0701. The number of carbonyl (C=O) groups excluding carboxylic acids is 1. The second kappa shape index (κ2) is 9.05. The Morgan fingerprint density at radius 1 is 1.06 bits per heavy atom. The number of amides is 1. The first kappa shape index (κ1) is 22.3. The number of aromatic amines is 2. The number of hydrogen-bond acceptors (Lipinski definition) is 5. The van der Waals surface area contributed by atoms with Gasteiger partial charge in [-0.3, -0.25) is 14.6 Å². The van der Waals surface area contributed by atoms with Crippen molar-refractivity contribution in [1.82, 2.24) is 24.4 Å². The van der Waals surface area contributed by atoms with Crippen LogP contribution in [0.15, 0.2) is 64.2 Å². The number of nitrogens with one attached hydrogen (secondary N) is 3. The zero-order valence-corrected chi connectivity index (χ0v) is 19.0. The van der Waals surface area contributed by atoms with Crippen LogP contribution in [0.5, 0.6) is 0 Å². The first-order chi connectivity index (χ1) is 16.9. The summed E-state index contributed by atoms with van der Waals surface area (Å²) in [4.78, 5) is 47.0. The van der Waals surface area contributed by atoms with E-state index in [2.05, 4.69) is 34.3 Å². The van der Waals surface area contributed by atoms with Gasteiger partial charge in [-0.1, -0.05) is 19.1 Å². The van der Waals surface area contributed by atoms with E-state index < -0.39 is 17.2 Å². The van der Waals surface area contributed by atoms with Gasteiger partial charge in [0.15, 0.2) is 0 Å². The van der Waals surface area contributed by atoms with Crippen molar-refractivity contribution in [3.05, 3.63) is 98.3 Å². The summed E-state index contributed by atoms with van der Waals surface area (Å²) in [5, 5.41) is 3.45. The van der Waals surface area contributed by atoms with Crippen molar-refractivity contribution >= 4 is 17.4 Å². The van der Waals surface area contributed by atoms with E-state index in [-0.39, 0.29) is 18.1 Å². The lowest BCUT2D eigenvalue weighted by Gasteiger charge is -2.28. The monoisotopic (exact) mass is 474 g/mol. The molecule has 0 atom stereocenters. The minimum atomic E-state index is -0.737. The Morgan fingerprint density at radius 2 is 1.80 bits per heavy atom. The van der Waals surface area contributed by atoms with Crippen molar-refractivity contribution < 1.29 is 9.18 Å². The molecule has 1 amide bonds. The van der Waals surface area contributed by atoms with Crippen molar-refractivity contribution in [2.45, 2.75) is 26.4 Å². The van der Waals surface area contributed by atoms with Crippen molar-refractivity contribution in [3.8, 4) is 11.3 Å². The van der Waals surface area contributed by atoms with Gasteiger partial charge in [0.2, 0.25) is 0 Å². The summed E-state index contributed by atoms with van der Waals surface area (Å²) >= 11 is 0. The highest BCUT2D eigenvalue weighted by molar-refractivity contribution is 5.92. The molecule has 178 valence electrons. The highest BCUT2D eigenvalue weighted by atomic mass is 19.1. The number of H-pyrrole nitrogens is 2. The number of benzene rings is 2. The quantitative estimate of drug-likeness (QED) is 0.411. The number of anilines is 2. The molecule has 1 aliphatic heterocycles. The first-order valence-electron chi connectivity index (χ1n) is 11.3. The molecular formula is C25H23FN6O3. The first-order valence-corrected chi connectivity index (χ1v) is 11.3. The molecule has 0 bridgehead atoms. The van der Waals surface area contributed by atoms with Gasteiger partial charge in [-0.25, -0.2) is 14.2 Å². The van der Waals surface area contributed by atoms with Crippen LogP contribution in [0.4, 0.5) is 15.9 Å². The molecular weight excluding hydrogens is 451 g/mol. The number of fused-ring (bicyclic) bond motifs is 1. The SMILES string of the molecule is CCc1ccc(Nc2c(-c3ccc(F)cc3)nc3n2CCN(C(=O)c2cc(=O)[nH]c(=O)[nH]2)C3)cc1. The van der Waals surface area contributed by atoms with Crippen molar-refractivity contribution in [1.29, 1.82) is 0 Å².